The fraction of sp³-hybridized carbons (Fsp3) is 0. The van der Waals surface area contributed by atoms with Crippen molar-refractivity contribution in [1.82, 2.24) is 0 Å². The van der Waals surface area contributed by atoms with E-state index in [4.69, 9.17) is 11.6 Å². The molecule has 0 bridgehead atoms. The van der Waals surface area contributed by atoms with Crippen LogP contribution in [0.3, 0.4) is 0 Å². The molecule has 2 aromatic carbocycles. The average Bonchev–Trinajstić information content (AvgIpc) is 2.38. The number of benzene rings is 2. The number of nitrogens with zero attached hydrogens (tertiary/aromatic N) is 1. The minimum atomic E-state index is -0.620. The van der Waals surface area contributed by atoms with Crippen molar-refractivity contribution < 1.29 is 9.72 Å². The van der Waals surface area contributed by atoms with Gasteiger partial charge in [0.1, 0.15) is 5.02 Å². The molecule has 0 unspecified atom stereocenters. The molecule has 1 N–H and O–H groups in total. The molecule has 0 heterocycles. The van der Waals surface area contributed by atoms with Gasteiger partial charge in [0, 0.05) is 20.9 Å². The van der Waals surface area contributed by atoms with Crippen molar-refractivity contribution in [2.75, 3.05) is 5.32 Å². The van der Waals surface area contributed by atoms with Crippen molar-refractivity contribution in [3.05, 3.63) is 66.7 Å². The van der Waals surface area contributed by atoms with Crippen LogP contribution in [-0.4, -0.2) is 10.8 Å². The molecular formula is C13H8ClIN2O3. The van der Waals surface area contributed by atoms with E-state index < -0.39 is 10.8 Å². The molecule has 2 aromatic rings. The quantitative estimate of drug-likeness (QED) is 0.477. The molecule has 0 fully saturated rings. The maximum Gasteiger partial charge on any atom is 0.288 e. The van der Waals surface area contributed by atoms with E-state index in [1.165, 1.54) is 12.1 Å². The molecule has 0 spiro atoms. The highest BCUT2D eigenvalue weighted by molar-refractivity contribution is 14.1. The number of hydrogen-bond acceptors (Lipinski definition) is 3. The zero-order chi connectivity index (χ0) is 14.7. The highest BCUT2D eigenvalue weighted by Gasteiger charge is 2.16. The first-order valence-electron chi connectivity index (χ1n) is 5.48. The number of nitrogens with one attached hydrogen (secondary N) is 1. The van der Waals surface area contributed by atoms with Gasteiger partial charge in [0.05, 0.1) is 4.92 Å². The Morgan fingerprint density at radius 2 is 2.00 bits per heavy atom. The van der Waals surface area contributed by atoms with E-state index in [-0.39, 0.29) is 16.3 Å². The lowest BCUT2D eigenvalue weighted by Crippen LogP contribution is -2.12. The second-order valence-corrected chi connectivity index (χ2v) is 5.54. The van der Waals surface area contributed by atoms with Crippen molar-refractivity contribution in [3.63, 3.8) is 0 Å². The van der Waals surface area contributed by atoms with Gasteiger partial charge in [0.2, 0.25) is 0 Å². The highest BCUT2D eigenvalue weighted by Crippen LogP contribution is 2.25. The van der Waals surface area contributed by atoms with Crippen LogP contribution in [0.5, 0.6) is 0 Å². The SMILES string of the molecule is O=C(Nc1cccc(I)c1)c1ccc(Cl)c([N+](=O)[O-])c1. The van der Waals surface area contributed by atoms with Gasteiger partial charge < -0.3 is 5.32 Å². The molecule has 0 saturated carbocycles. The van der Waals surface area contributed by atoms with Gasteiger partial charge >= 0.3 is 0 Å². The Labute approximate surface area is 133 Å². The summed E-state index contributed by atoms with van der Waals surface area (Å²) in [4.78, 5) is 22.2. The number of anilines is 1. The molecule has 20 heavy (non-hydrogen) atoms. The molecule has 0 radical (unpaired) electrons. The van der Waals surface area contributed by atoms with Gasteiger partial charge in [-0.2, -0.15) is 0 Å². The molecule has 0 atom stereocenters. The summed E-state index contributed by atoms with van der Waals surface area (Å²) in [5.74, 6) is -0.424. The smallest absolute Gasteiger partial charge is 0.288 e. The van der Waals surface area contributed by atoms with Crippen LogP contribution in [0.25, 0.3) is 0 Å². The fourth-order valence-electron chi connectivity index (χ4n) is 1.56. The topological polar surface area (TPSA) is 72.2 Å². The molecule has 7 heteroatoms. The Bertz CT molecular complexity index is 691. The molecule has 0 aliphatic rings. The summed E-state index contributed by atoms with van der Waals surface area (Å²) >= 11 is 7.83. The summed E-state index contributed by atoms with van der Waals surface area (Å²) in [5.41, 5.74) is 0.515. The Kier molecular flexibility index (Phi) is 4.56. The molecule has 0 aliphatic heterocycles. The van der Waals surface area contributed by atoms with Gasteiger partial charge in [-0.1, -0.05) is 17.7 Å². The van der Waals surface area contributed by atoms with Crippen LogP contribution in [0, 0.1) is 13.7 Å². The largest absolute Gasteiger partial charge is 0.322 e. The molecule has 2 rings (SSSR count). The summed E-state index contributed by atoms with van der Waals surface area (Å²) in [7, 11) is 0. The number of carbonyl (C=O) groups is 1. The van der Waals surface area contributed by atoms with Gasteiger partial charge in [-0.05, 0) is 52.9 Å². The van der Waals surface area contributed by atoms with E-state index in [0.717, 1.165) is 9.64 Å². The van der Waals surface area contributed by atoms with Crippen LogP contribution in [0.1, 0.15) is 10.4 Å². The Morgan fingerprint density at radius 1 is 1.25 bits per heavy atom. The van der Waals surface area contributed by atoms with Gasteiger partial charge in [0.15, 0.2) is 0 Å². The monoisotopic (exact) mass is 402 g/mol. The van der Waals surface area contributed by atoms with E-state index in [2.05, 4.69) is 27.9 Å². The van der Waals surface area contributed by atoms with Gasteiger partial charge in [-0.25, -0.2) is 0 Å². The van der Waals surface area contributed by atoms with Gasteiger partial charge in [-0.15, -0.1) is 0 Å². The number of amides is 1. The third-order valence-corrected chi connectivity index (χ3v) is 3.48. The lowest BCUT2D eigenvalue weighted by atomic mass is 10.2. The maximum atomic E-state index is 12.0. The summed E-state index contributed by atoms with van der Waals surface area (Å²) < 4.78 is 0.975. The number of nitro groups is 1. The van der Waals surface area contributed by atoms with Crippen molar-refractivity contribution in [1.29, 1.82) is 0 Å². The fourth-order valence-corrected chi connectivity index (χ4v) is 2.29. The third kappa shape index (κ3) is 3.45. The number of rotatable bonds is 3. The van der Waals surface area contributed by atoms with Crippen LogP contribution < -0.4 is 5.32 Å². The molecule has 1 amide bonds. The normalized spacial score (nSPS) is 10.1. The van der Waals surface area contributed by atoms with E-state index >= 15 is 0 Å². The standard InChI is InChI=1S/C13H8ClIN2O3/c14-11-5-4-8(6-12(11)17(19)20)13(18)16-10-3-1-2-9(15)7-10/h1-7H,(H,16,18). The van der Waals surface area contributed by atoms with Crippen molar-refractivity contribution >= 4 is 51.5 Å². The van der Waals surface area contributed by atoms with Crippen molar-refractivity contribution in [3.8, 4) is 0 Å². The van der Waals surface area contributed by atoms with E-state index in [1.807, 2.05) is 12.1 Å². The Hall–Kier alpha value is -1.67. The molecule has 0 saturated heterocycles. The second kappa shape index (κ2) is 6.19. The summed E-state index contributed by atoms with van der Waals surface area (Å²) in [6, 6.07) is 11.2. The predicted molar refractivity (Wildman–Crippen MR) is 85.2 cm³/mol. The lowest BCUT2D eigenvalue weighted by Gasteiger charge is -2.06. The van der Waals surface area contributed by atoms with Crippen LogP contribution in [-0.2, 0) is 0 Å². The minimum absolute atomic E-state index is 0.000750. The first-order chi connectivity index (χ1) is 9.47. The summed E-state index contributed by atoms with van der Waals surface area (Å²) in [5, 5.41) is 13.5. The van der Waals surface area contributed by atoms with Crippen molar-refractivity contribution in [2.45, 2.75) is 0 Å². The van der Waals surface area contributed by atoms with Crippen LogP contribution >= 0.6 is 34.2 Å². The number of carbonyl (C=O) groups excluding carboxylic acids is 1. The third-order valence-electron chi connectivity index (χ3n) is 2.49. The number of halogens is 2. The number of nitro benzene ring substituents is 1. The molecule has 0 aliphatic carbocycles. The zero-order valence-electron chi connectivity index (χ0n) is 9.97. The molecular weight excluding hydrogens is 395 g/mol. The minimum Gasteiger partial charge on any atom is -0.322 e. The van der Waals surface area contributed by atoms with E-state index in [9.17, 15) is 14.9 Å². The molecule has 5 nitrogen and oxygen atoms in total. The van der Waals surface area contributed by atoms with Crippen LogP contribution in [0.4, 0.5) is 11.4 Å². The summed E-state index contributed by atoms with van der Waals surface area (Å²) in [6.07, 6.45) is 0. The zero-order valence-corrected chi connectivity index (χ0v) is 12.9. The van der Waals surface area contributed by atoms with Crippen LogP contribution in [0.2, 0.25) is 5.02 Å². The summed E-state index contributed by atoms with van der Waals surface area (Å²) in [6.45, 7) is 0. The first-order valence-corrected chi connectivity index (χ1v) is 6.94. The van der Waals surface area contributed by atoms with E-state index in [1.54, 1.807) is 12.1 Å². The Balaban J connectivity index is 2.26. The predicted octanol–water partition coefficient (Wildman–Crippen LogP) is 4.11. The van der Waals surface area contributed by atoms with E-state index in [0.29, 0.717) is 5.69 Å². The second-order valence-electron chi connectivity index (χ2n) is 3.89. The lowest BCUT2D eigenvalue weighted by molar-refractivity contribution is -0.384. The van der Waals surface area contributed by atoms with Crippen LogP contribution in [0.15, 0.2) is 42.5 Å². The van der Waals surface area contributed by atoms with Gasteiger partial charge in [0.25, 0.3) is 11.6 Å². The van der Waals surface area contributed by atoms with Gasteiger partial charge in [-0.3, -0.25) is 14.9 Å². The molecule has 102 valence electrons. The highest BCUT2D eigenvalue weighted by atomic mass is 127. The maximum absolute atomic E-state index is 12.0. The first kappa shape index (κ1) is 14.7. The van der Waals surface area contributed by atoms with Crippen molar-refractivity contribution in [2.24, 2.45) is 0 Å². The Morgan fingerprint density at radius 3 is 2.65 bits per heavy atom. The molecule has 0 aromatic heterocycles. The average molecular weight is 403 g/mol. The number of hydrogen-bond donors (Lipinski definition) is 1.